The monoisotopic (exact) mass is 252 g/mol. The number of carbonyl (C=O) groups is 4. The lowest BCUT2D eigenvalue weighted by Crippen LogP contribution is -2.59. The Kier molecular flexibility index (Phi) is 3.61. The summed E-state index contributed by atoms with van der Waals surface area (Å²) in [6, 6.07) is 0. The number of Topliss-reactive ketones (excluding diaryl/α,β-unsaturated/α-hetero) is 4. The van der Waals surface area contributed by atoms with Gasteiger partial charge < -0.3 is 0 Å². The van der Waals surface area contributed by atoms with Crippen molar-refractivity contribution in [2.24, 2.45) is 16.7 Å². The smallest absolute Gasteiger partial charge is 0.163 e. The van der Waals surface area contributed by atoms with Gasteiger partial charge in [0.2, 0.25) is 0 Å². The Morgan fingerprint density at radius 1 is 1.00 bits per heavy atom. The van der Waals surface area contributed by atoms with E-state index in [1.165, 1.54) is 27.7 Å². The minimum atomic E-state index is -1.26. The van der Waals surface area contributed by atoms with Gasteiger partial charge in [-0.05, 0) is 34.1 Å². The fourth-order valence-corrected chi connectivity index (χ4v) is 2.53. The van der Waals surface area contributed by atoms with Gasteiger partial charge in [0.1, 0.15) is 5.92 Å². The molecule has 0 aromatic carbocycles. The summed E-state index contributed by atoms with van der Waals surface area (Å²) < 4.78 is 0. The summed E-state index contributed by atoms with van der Waals surface area (Å²) in [5, 5.41) is 0. The lowest BCUT2D eigenvalue weighted by Gasteiger charge is -2.39. The minimum Gasteiger partial charge on any atom is -0.298 e. The van der Waals surface area contributed by atoms with Crippen LogP contribution in [0.1, 0.15) is 47.5 Å². The molecule has 0 bridgehead atoms. The highest BCUT2D eigenvalue weighted by molar-refractivity contribution is 6.35. The third-order valence-corrected chi connectivity index (χ3v) is 3.71. The molecule has 0 aliphatic heterocycles. The van der Waals surface area contributed by atoms with Crippen molar-refractivity contribution in [3.05, 3.63) is 0 Å². The molecule has 1 aliphatic carbocycles. The van der Waals surface area contributed by atoms with Crippen LogP contribution in [-0.4, -0.2) is 23.1 Å². The van der Waals surface area contributed by atoms with E-state index in [4.69, 9.17) is 0 Å². The average molecular weight is 252 g/mol. The molecule has 4 heteroatoms. The lowest BCUT2D eigenvalue weighted by atomic mass is 9.58. The van der Waals surface area contributed by atoms with Gasteiger partial charge in [0.05, 0.1) is 10.8 Å². The third kappa shape index (κ3) is 1.93. The van der Waals surface area contributed by atoms with Crippen molar-refractivity contribution in [1.82, 2.24) is 0 Å². The first-order valence-electron chi connectivity index (χ1n) is 6.24. The van der Waals surface area contributed by atoms with E-state index in [1.54, 1.807) is 0 Å². The summed E-state index contributed by atoms with van der Waals surface area (Å²) in [6.07, 6.45) is 0.785. The highest BCUT2D eigenvalue weighted by atomic mass is 16.2. The fraction of sp³-hybridized carbons (Fsp3) is 0.714. The van der Waals surface area contributed by atoms with Crippen LogP contribution in [0.2, 0.25) is 0 Å². The van der Waals surface area contributed by atoms with Crippen LogP contribution in [0.3, 0.4) is 0 Å². The van der Waals surface area contributed by atoms with Crippen LogP contribution in [0.5, 0.6) is 0 Å². The van der Waals surface area contributed by atoms with Gasteiger partial charge >= 0.3 is 0 Å². The Morgan fingerprint density at radius 3 is 1.72 bits per heavy atom. The molecule has 1 fully saturated rings. The van der Waals surface area contributed by atoms with Crippen LogP contribution in [-0.2, 0) is 19.2 Å². The second-order valence-corrected chi connectivity index (χ2v) is 5.96. The van der Waals surface area contributed by atoms with Gasteiger partial charge in [-0.1, -0.05) is 6.92 Å². The lowest BCUT2D eigenvalue weighted by molar-refractivity contribution is -0.161. The molecule has 0 N–H and O–H groups in total. The first-order chi connectivity index (χ1) is 8.08. The number of rotatable bonds is 3. The second kappa shape index (κ2) is 4.41. The molecule has 0 saturated heterocycles. The number of hydrogen-bond acceptors (Lipinski definition) is 4. The van der Waals surface area contributed by atoms with E-state index in [2.05, 4.69) is 0 Å². The molecule has 0 atom stereocenters. The Morgan fingerprint density at radius 2 is 1.39 bits per heavy atom. The number of hydrogen-bond donors (Lipinski definition) is 0. The zero-order chi connectivity index (χ0) is 14.3. The van der Waals surface area contributed by atoms with Gasteiger partial charge in [-0.2, -0.15) is 0 Å². The normalized spacial score (nSPS) is 23.3. The predicted octanol–water partition coefficient (Wildman–Crippen LogP) is 1.75. The Balaban J connectivity index is 3.28. The minimum absolute atomic E-state index is 0.197. The molecule has 0 amide bonds. The van der Waals surface area contributed by atoms with Gasteiger partial charge in [-0.15, -0.1) is 0 Å². The van der Waals surface area contributed by atoms with Crippen molar-refractivity contribution < 1.29 is 19.2 Å². The van der Waals surface area contributed by atoms with Crippen LogP contribution in [0.15, 0.2) is 0 Å². The van der Waals surface area contributed by atoms with Crippen molar-refractivity contribution >= 4 is 23.1 Å². The first kappa shape index (κ1) is 14.7. The van der Waals surface area contributed by atoms with Crippen LogP contribution >= 0.6 is 0 Å². The molecule has 100 valence electrons. The van der Waals surface area contributed by atoms with E-state index >= 15 is 0 Å². The Labute approximate surface area is 107 Å². The summed E-state index contributed by atoms with van der Waals surface area (Å²) in [6.45, 7) is 7.81. The molecule has 18 heavy (non-hydrogen) atoms. The highest BCUT2D eigenvalue weighted by Gasteiger charge is 2.59. The van der Waals surface area contributed by atoms with Crippen molar-refractivity contribution in [3.63, 3.8) is 0 Å². The van der Waals surface area contributed by atoms with E-state index in [0.29, 0.717) is 6.42 Å². The molecule has 0 radical (unpaired) electrons. The topological polar surface area (TPSA) is 68.3 Å². The third-order valence-electron chi connectivity index (χ3n) is 3.71. The van der Waals surface area contributed by atoms with Crippen LogP contribution < -0.4 is 0 Å². The average Bonchev–Trinajstić information content (AvgIpc) is 2.26. The second-order valence-electron chi connectivity index (χ2n) is 5.96. The quantitative estimate of drug-likeness (QED) is 0.717. The summed E-state index contributed by atoms with van der Waals surface area (Å²) in [5.41, 5.74) is -2.52. The predicted molar refractivity (Wildman–Crippen MR) is 66.0 cm³/mol. The van der Waals surface area contributed by atoms with Crippen molar-refractivity contribution in [2.75, 3.05) is 0 Å². The standard InChI is InChI=1S/C14H20O4/c1-6-7-8(15)9-10(16)13(2,3)12(18)14(4,5)11(9)17/h9H,6-7H2,1-5H3. The molecule has 0 spiro atoms. The summed E-state index contributed by atoms with van der Waals surface area (Å²) >= 11 is 0. The molecule has 0 heterocycles. The van der Waals surface area contributed by atoms with Crippen LogP contribution in [0.4, 0.5) is 0 Å². The zero-order valence-corrected chi connectivity index (χ0v) is 11.6. The zero-order valence-electron chi connectivity index (χ0n) is 11.6. The molecule has 1 aliphatic rings. The summed E-state index contributed by atoms with van der Waals surface area (Å²) in [5.74, 6) is -3.11. The maximum Gasteiger partial charge on any atom is 0.163 e. The molecule has 0 aromatic heterocycles. The van der Waals surface area contributed by atoms with E-state index in [9.17, 15) is 19.2 Å². The molecule has 0 unspecified atom stereocenters. The van der Waals surface area contributed by atoms with E-state index < -0.39 is 34.1 Å². The number of ketones is 4. The van der Waals surface area contributed by atoms with Crippen LogP contribution in [0.25, 0.3) is 0 Å². The van der Waals surface area contributed by atoms with Gasteiger partial charge in [-0.25, -0.2) is 0 Å². The van der Waals surface area contributed by atoms with E-state index in [-0.39, 0.29) is 12.2 Å². The Bertz CT molecular complexity index is 399. The van der Waals surface area contributed by atoms with Gasteiger partial charge in [0.25, 0.3) is 0 Å². The van der Waals surface area contributed by atoms with Crippen molar-refractivity contribution in [3.8, 4) is 0 Å². The largest absolute Gasteiger partial charge is 0.298 e. The Hall–Kier alpha value is -1.32. The summed E-state index contributed by atoms with van der Waals surface area (Å²) in [4.78, 5) is 48.5. The molecule has 1 saturated carbocycles. The summed E-state index contributed by atoms with van der Waals surface area (Å²) in [7, 11) is 0. The van der Waals surface area contributed by atoms with Crippen LogP contribution in [0, 0.1) is 16.7 Å². The van der Waals surface area contributed by atoms with E-state index in [0.717, 1.165) is 0 Å². The van der Waals surface area contributed by atoms with Crippen molar-refractivity contribution in [1.29, 1.82) is 0 Å². The maximum absolute atomic E-state index is 12.2. The maximum atomic E-state index is 12.2. The van der Waals surface area contributed by atoms with Gasteiger partial charge in [0, 0.05) is 6.42 Å². The fourth-order valence-electron chi connectivity index (χ4n) is 2.53. The van der Waals surface area contributed by atoms with E-state index in [1.807, 2.05) is 6.92 Å². The molecular formula is C14H20O4. The molecule has 1 rings (SSSR count). The molecular weight excluding hydrogens is 232 g/mol. The molecule has 4 nitrogen and oxygen atoms in total. The van der Waals surface area contributed by atoms with Crippen molar-refractivity contribution in [2.45, 2.75) is 47.5 Å². The van der Waals surface area contributed by atoms with Gasteiger partial charge in [-0.3, -0.25) is 19.2 Å². The SMILES string of the molecule is CCCC(=O)C1C(=O)C(C)(C)C(=O)C(C)(C)C1=O. The number of carbonyl (C=O) groups excluding carboxylic acids is 4. The van der Waals surface area contributed by atoms with Gasteiger partial charge in [0.15, 0.2) is 23.1 Å². The highest BCUT2D eigenvalue weighted by Crippen LogP contribution is 2.41. The molecule has 0 aromatic rings. The first-order valence-corrected chi connectivity index (χ1v) is 6.24.